The molecule has 0 saturated heterocycles. The molecule has 142 valence electrons. The van der Waals surface area contributed by atoms with Crippen LogP contribution in [0.15, 0.2) is 42.5 Å². The molecule has 0 saturated carbocycles. The van der Waals surface area contributed by atoms with Crippen molar-refractivity contribution >= 4 is 27.9 Å². The molecule has 0 fully saturated rings. The van der Waals surface area contributed by atoms with Gasteiger partial charge in [0.25, 0.3) is 5.91 Å². The number of nitrogens with one attached hydrogen (secondary N) is 1. The van der Waals surface area contributed by atoms with Crippen LogP contribution in [0.1, 0.15) is 17.0 Å². The molecule has 0 atom stereocenters. The summed E-state index contributed by atoms with van der Waals surface area (Å²) in [6.45, 7) is 5.74. The Hall–Kier alpha value is -3.26. The Labute approximate surface area is 166 Å². The van der Waals surface area contributed by atoms with Gasteiger partial charge in [0.2, 0.25) is 4.96 Å². The topological polar surface area (TPSA) is 81.4 Å². The number of amides is 1. The second-order valence-corrected chi connectivity index (χ2v) is 7.49. The van der Waals surface area contributed by atoms with Gasteiger partial charge >= 0.3 is 0 Å². The summed E-state index contributed by atoms with van der Waals surface area (Å²) < 4.78 is 7.29. The van der Waals surface area contributed by atoms with E-state index in [0.29, 0.717) is 5.75 Å². The van der Waals surface area contributed by atoms with E-state index in [2.05, 4.69) is 20.6 Å². The lowest BCUT2D eigenvalue weighted by atomic mass is 10.1. The highest BCUT2D eigenvalue weighted by Gasteiger charge is 2.13. The van der Waals surface area contributed by atoms with Crippen molar-refractivity contribution in [2.75, 3.05) is 11.9 Å². The van der Waals surface area contributed by atoms with Crippen LogP contribution in [-0.4, -0.2) is 32.3 Å². The number of ether oxygens (including phenoxy) is 1. The van der Waals surface area contributed by atoms with Gasteiger partial charge < -0.3 is 10.1 Å². The molecule has 2 aromatic heterocycles. The lowest BCUT2D eigenvalue weighted by Crippen LogP contribution is -2.20. The Balaban J connectivity index is 1.49. The zero-order chi connectivity index (χ0) is 19.7. The SMILES string of the molecule is Cc1cccc(OCC(=O)Nc2cc(-c3nn4c(C)nnc4s3)ccc2C)c1. The van der Waals surface area contributed by atoms with Crippen molar-refractivity contribution in [3.05, 3.63) is 59.4 Å². The lowest BCUT2D eigenvalue weighted by molar-refractivity contribution is -0.118. The molecule has 4 aromatic rings. The van der Waals surface area contributed by atoms with E-state index in [-0.39, 0.29) is 12.5 Å². The first-order valence-electron chi connectivity index (χ1n) is 8.79. The van der Waals surface area contributed by atoms with Crippen LogP contribution < -0.4 is 10.1 Å². The molecule has 4 rings (SSSR count). The number of aryl methyl sites for hydroxylation is 3. The third-order valence-corrected chi connectivity index (χ3v) is 5.21. The van der Waals surface area contributed by atoms with Gasteiger partial charge in [-0.2, -0.15) is 9.61 Å². The fraction of sp³-hybridized carbons (Fsp3) is 0.200. The number of anilines is 1. The summed E-state index contributed by atoms with van der Waals surface area (Å²) in [5.74, 6) is 1.21. The van der Waals surface area contributed by atoms with Crippen molar-refractivity contribution in [1.29, 1.82) is 0 Å². The first-order chi connectivity index (χ1) is 13.5. The number of rotatable bonds is 5. The van der Waals surface area contributed by atoms with E-state index in [1.54, 1.807) is 4.52 Å². The predicted molar refractivity (Wildman–Crippen MR) is 109 cm³/mol. The minimum absolute atomic E-state index is 0.0525. The first-order valence-corrected chi connectivity index (χ1v) is 9.60. The Kier molecular flexibility index (Phi) is 4.79. The minimum atomic E-state index is -0.212. The summed E-state index contributed by atoms with van der Waals surface area (Å²) in [5, 5.41) is 16.4. The second kappa shape index (κ2) is 7.40. The van der Waals surface area contributed by atoms with Gasteiger partial charge in [0.15, 0.2) is 12.4 Å². The highest BCUT2D eigenvalue weighted by molar-refractivity contribution is 7.19. The quantitative estimate of drug-likeness (QED) is 0.558. The van der Waals surface area contributed by atoms with Crippen LogP contribution in [0, 0.1) is 20.8 Å². The van der Waals surface area contributed by atoms with Crippen LogP contribution in [0.5, 0.6) is 5.75 Å². The van der Waals surface area contributed by atoms with Gasteiger partial charge in [0.1, 0.15) is 10.8 Å². The highest BCUT2D eigenvalue weighted by Crippen LogP contribution is 2.29. The van der Waals surface area contributed by atoms with E-state index in [4.69, 9.17) is 4.74 Å². The summed E-state index contributed by atoms with van der Waals surface area (Å²) in [7, 11) is 0. The van der Waals surface area contributed by atoms with Crippen molar-refractivity contribution in [1.82, 2.24) is 19.8 Å². The molecule has 0 aliphatic carbocycles. The summed E-state index contributed by atoms with van der Waals surface area (Å²) in [5.41, 5.74) is 3.70. The monoisotopic (exact) mass is 393 g/mol. The molecule has 7 nitrogen and oxygen atoms in total. The summed E-state index contributed by atoms with van der Waals surface area (Å²) in [4.78, 5) is 13.1. The molecular formula is C20H19N5O2S. The Morgan fingerprint density at radius 1 is 1.14 bits per heavy atom. The van der Waals surface area contributed by atoms with Gasteiger partial charge in [-0.1, -0.05) is 35.6 Å². The summed E-state index contributed by atoms with van der Waals surface area (Å²) >= 11 is 1.45. The van der Waals surface area contributed by atoms with E-state index in [1.807, 2.05) is 63.2 Å². The van der Waals surface area contributed by atoms with E-state index in [0.717, 1.165) is 38.2 Å². The zero-order valence-electron chi connectivity index (χ0n) is 15.8. The van der Waals surface area contributed by atoms with Gasteiger partial charge in [0, 0.05) is 11.3 Å². The Bertz CT molecular complexity index is 1160. The van der Waals surface area contributed by atoms with Crippen LogP contribution in [-0.2, 0) is 4.79 Å². The Morgan fingerprint density at radius 2 is 2.00 bits per heavy atom. The first kappa shape index (κ1) is 18.1. The molecule has 2 heterocycles. The molecule has 0 aliphatic heterocycles. The molecule has 28 heavy (non-hydrogen) atoms. The van der Waals surface area contributed by atoms with Gasteiger partial charge in [-0.3, -0.25) is 4.79 Å². The fourth-order valence-electron chi connectivity index (χ4n) is 2.76. The molecule has 1 amide bonds. The van der Waals surface area contributed by atoms with Crippen molar-refractivity contribution < 1.29 is 9.53 Å². The Morgan fingerprint density at radius 3 is 2.79 bits per heavy atom. The van der Waals surface area contributed by atoms with Crippen LogP contribution in [0.3, 0.4) is 0 Å². The molecule has 0 spiro atoms. The summed E-state index contributed by atoms with van der Waals surface area (Å²) in [6, 6.07) is 13.5. The largest absolute Gasteiger partial charge is 0.484 e. The molecule has 0 unspecified atom stereocenters. The maximum absolute atomic E-state index is 12.3. The highest BCUT2D eigenvalue weighted by atomic mass is 32.1. The molecule has 0 bridgehead atoms. The molecule has 0 aliphatic rings. The van der Waals surface area contributed by atoms with Crippen LogP contribution in [0.4, 0.5) is 5.69 Å². The van der Waals surface area contributed by atoms with Crippen LogP contribution in [0.25, 0.3) is 15.5 Å². The van der Waals surface area contributed by atoms with Gasteiger partial charge in [-0.05, 0) is 50.1 Å². The third kappa shape index (κ3) is 3.72. The average molecular weight is 393 g/mol. The fourth-order valence-corrected chi connectivity index (χ4v) is 3.64. The number of carbonyl (C=O) groups is 1. The average Bonchev–Trinajstić information content (AvgIpc) is 3.24. The second-order valence-electron chi connectivity index (χ2n) is 6.53. The maximum Gasteiger partial charge on any atom is 0.262 e. The zero-order valence-corrected chi connectivity index (χ0v) is 16.6. The van der Waals surface area contributed by atoms with Gasteiger partial charge in [0.05, 0.1) is 0 Å². The van der Waals surface area contributed by atoms with Crippen molar-refractivity contribution in [3.63, 3.8) is 0 Å². The van der Waals surface area contributed by atoms with Crippen molar-refractivity contribution in [2.45, 2.75) is 20.8 Å². The van der Waals surface area contributed by atoms with Crippen LogP contribution in [0.2, 0.25) is 0 Å². The molecule has 0 radical (unpaired) electrons. The normalized spacial score (nSPS) is 11.0. The molecule has 8 heteroatoms. The maximum atomic E-state index is 12.3. The van der Waals surface area contributed by atoms with E-state index in [1.165, 1.54) is 11.3 Å². The predicted octanol–water partition coefficient (Wildman–Crippen LogP) is 3.80. The lowest BCUT2D eigenvalue weighted by Gasteiger charge is -2.11. The standard InChI is InChI=1S/C20H19N5O2S/c1-12-5-4-6-16(9-12)27-11-18(26)21-17-10-15(8-7-13(17)2)19-24-25-14(3)22-23-20(25)28-19/h4-10H,11H2,1-3H3,(H,21,26). The number of aromatic nitrogens is 4. The molecule has 1 N–H and O–H groups in total. The van der Waals surface area contributed by atoms with Crippen molar-refractivity contribution in [2.24, 2.45) is 0 Å². The number of benzene rings is 2. The number of hydrogen-bond acceptors (Lipinski definition) is 6. The number of fused-ring (bicyclic) bond motifs is 1. The van der Waals surface area contributed by atoms with Gasteiger partial charge in [-0.25, -0.2) is 0 Å². The van der Waals surface area contributed by atoms with E-state index >= 15 is 0 Å². The van der Waals surface area contributed by atoms with E-state index < -0.39 is 0 Å². The number of hydrogen-bond donors (Lipinski definition) is 1. The van der Waals surface area contributed by atoms with Gasteiger partial charge in [-0.15, -0.1) is 10.2 Å². The minimum Gasteiger partial charge on any atom is -0.484 e. The number of nitrogens with zero attached hydrogens (tertiary/aromatic N) is 4. The third-order valence-electron chi connectivity index (χ3n) is 4.26. The smallest absolute Gasteiger partial charge is 0.262 e. The summed E-state index contributed by atoms with van der Waals surface area (Å²) in [6.07, 6.45) is 0. The van der Waals surface area contributed by atoms with Crippen molar-refractivity contribution in [3.8, 4) is 16.3 Å². The number of carbonyl (C=O) groups excluding carboxylic acids is 1. The molecule has 2 aromatic carbocycles. The van der Waals surface area contributed by atoms with Crippen LogP contribution >= 0.6 is 11.3 Å². The molecular weight excluding hydrogens is 374 g/mol. The van der Waals surface area contributed by atoms with E-state index in [9.17, 15) is 4.79 Å².